The summed E-state index contributed by atoms with van der Waals surface area (Å²) >= 11 is 5.94. The number of nitrogens with one attached hydrogen (secondary N) is 1. The van der Waals surface area contributed by atoms with Gasteiger partial charge < -0.3 is 14.8 Å². The van der Waals surface area contributed by atoms with Gasteiger partial charge in [0.15, 0.2) is 0 Å². The highest BCUT2D eigenvalue weighted by Crippen LogP contribution is 2.30. The van der Waals surface area contributed by atoms with Gasteiger partial charge >= 0.3 is 0 Å². The van der Waals surface area contributed by atoms with E-state index in [1.807, 2.05) is 31.2 Å². The van der Waals surface area contributed by atoms with Crippen molar-refractivity contribution in [3.63, 3.8) is 0 Å². The van der Waals surface area contributed by atoms with Crippen molar-refractivity contribution in [2.45, 2.75) is 31.6 Å². The van der Waals surface area contributed by atoms with Gasteiger partial charge in [0.25, 0.3) is 0 Å². The maximum Gasteiger partial charge on any atom is 0.103 e. The van der Waals surface area contributed by atoms with Crippen LogP contribution in [0.5, 0.6) is 0 Å². The molecular formula is C13H18ClNO2. The van der Waals surface area contributed by atoms with Gasteiger partial charge in [-0.3, -0.25) is 0 Å². The zero-order valence-electron chi connectivity index (χ0n) is 10.2. The van der Waals surface area contributed by atoms with Crippen LogP contribution in [-0.2, 0) is 9.47 Å². The first-order valence-electron chi connectivity index (χ1n) is 5.91. The van der Waals surface area contributed by atoms with Crippen molar-refractivity contribution in [1.29, 1.82) is 0 Å². The summed E-state index contributed by atoms with van der Waals surface area (Å²) in [4.78, 5) is 0. The van der Waals surface area contributed by atoms with E-state index in [1.54, 1.807) is 7.11 Å². The third-order valence-electron chi connectivity index (χ3n) is 3.08. The fourth-order valence-electron chi connectivity index (χ4n) is 2.21. The Kier molecular flexibility index (Phi) is 4.26. The minimum atomic E-state index is 0.119. The second-order valence-corrected chi connectivity index (χ2v) is 4.63. The predicted octanol–water partition coefficient (Wildman–Crippen LogP) is 2.94. The Hall–Kier alpha value is -0.770. The Bertz CT molecular complexity index is 372. The molecule has 0 saturated heterocycles. The first-order valence-corrected chi connectivity index (χ1v) is 6.29. The summed E-state index contributed by atoms with van der Waals surface area (Å²) < 4.78 is 11.0. The second-order valence-electron chi connectivity index (χ2n) is 4.19. The molecule has 0 radical (unpaired) electrons. The molecule has 3 nitrogen and oxygen atoms in total. The zero-order chi connectivity index (χ0) is 12.3. The highest BCUT2D eigenvalue weighted by Gasteiger charge is 2.42. The maximum atomic E-state index is 5.94. The van der Waals surface area contributed by atoms with E-state index in [1.165, 1.54) is 0 Å². The SMILES string of the molecule is CCOC1CC(Nc2cccc(Cl)c2)C1OC. The van der Waals surface area contributed by atoms with Gasteiger partial charge in [-0.25, -0.2) is 0 Å². The zero-order valence-corrected chi connectivity index (χ0v) is 10.9. The van der Waals surface area contributed by atoms with E-state index >= 15 is 0 Å². The lowest BCUT2D eigenvalue weighted by Crippen LogP contribution is -2.56. The van der Waals surface area contributed by atoms with Crippen molar-refractivity contribution in [1.82, 2.24) is 0 Å². The summed E-state index contributed by atoms with van der Waals surface area (Å²) in [5.41, 5.74) is 1.03. The van der Waals surface area contributed by atoms with Gasteiger partial charge in [-0.1, -0.05) is 17.7 Å². The number of hydrogen-bond donors (Lipinski definition) is 1. The fraction of sp³-hybridized carbons (Fsp3) is 0.538. The number of anilines is 1. The molecule has 0 amide bonds. The molecule has 0 spiro atoms. The molecular weight excluding hydrogens is 238 g/mol. The number of rotatable bonds is 5. The molecule has 94 valence electrons. The molecule has 3 unspecified atom stereocenters. The molecule has 1 fully saturated rings. The Morgan fingerprint density at radius 2 is 2.29 bits per heavy atom. The summed E-state index contributed by atoms with van der Waals surface area (Å²) in [6, 6.07) is 8.03. The van der Waals surface area contributed by atoms with Gasteiger partial charge in [0.1, 0.15) is 6.10 Å². The highest BCUT2D eigenvalue weighted by molar-refractivity contribution is 6.30. The molecule has 3 atom stereocenters. The summed E-state index contributed by atoms with van der Waals surface area (Å²) in [6.07, 6.45) is 1.30. The highest BCUT2D eigenvalue weighted by atomic mass is 35.5. The number of hydrogen-bond acceptors (Lipinski definition) is 3. The average Bonchev–Trinajstić information content (AvgIpc) is 2.28. The van der Waals surface area contributed by atoms with Crippen LogP contribution in [0.3, 0.4) is 0 Å². The molecule has 1 saturated carbocycles. The van der Waals surface area contributed by atoms with E-state index in [4.69, 9.17) is 21.1 Å². The molecule has 1 aromatic rings. The molecule has 1 aliphatic rings. The van der Waals surface area contributed by atoms with E-state index in [9.17, 15) is 0 Å². The first-order chi connectivity index (χ1) is 8.24. The second kappa shape index (κ2) is 5.71. The Morgan fingerprint density at radius 3 is 2.94 bits per heavy atom. The van der Waals surface area contributed by atoms with Crippen LogP contribution in [0.25, 0.3) is 0 Å². The third kappa shape index (κ3) is 2.92. The maximum absolute atomic E-state index is 5.94. The Labute approximate surface area is 107 Å². The van der Waals surface area contributed by atoms with Gasteiger partial charge in [-0.05, 0) is 31.5 Å². The standard InChI is InChI=1S/C13H18ClNO2/c1-3-17-12-8-11(13(12)16-2)15-10-6-4-5-9(14)7-10/h4-7,11-13,15H,3,8H2,1-2H3. The predicted molar refractivity (Wildman–Crippen MR) is 69.7 cm³/mol. The van der Waals surface area contributed by atoms with E-state index in [-0.39, 0.29) is 12.2 Å². The van der Waals surface area contributed by atoms with Crippen molar-refractivity contribution < 1.29 is 9.47 Å². The van der Waals surface area contributed by atoms with Crippen molar-refractivity contribution in [2.24, 2.45) is 0 Å². The van der Waals surface area contributed by atoms with Crippen LogP contribution in [-0.4, -0.2) is 32.0 Å². The van der Waals surface area contributed by atoms with Gasteiger partial charge in [0, 0.05) is 24.4 Å². The minimum absolute atomic E-state index is 0.119. The van der Waals surface area contributed by atoms with Gasteiger partial charge in [0.05, 0.1) is 12.1 Å². The van der Waals surface area contributed by atoms with Crippen LogP contribution in [0.2, 0.25) is 5.02 Å². The van der Waals surface area contributed by atoms with E-state index in [0.29, 0.717) is 6.04 Å². The topological polar surface area (TPSA) is 30.5 Å². The molecule has 1 aromatic carbocycles. The van der Waals surface area contributed by atoms with Crippen LogP contribution in [0.4, 0.5) is 5.69 Å². The van der Waals surface area contributed by atoms with Gasteiger partial charge in [-0.15, -0.1) is 0 Å². The van der Waals surface area contributed by atoms with Crippen LogP contribution in [0, 0.1) is 0 Å². The van der Waals surface area contributed by atoms with E-state index < -0.39 is 0 Å². The average molecular weight is 256 g/mol. The lowest BCUT2D eigenvalue weighted by Gasteiger charge is -2.43. The van der Waals surface area contributed by atoms with Crippen LogP contribution in [0.15, 0.2) is 24.3 Å². The molecule has 0 aromatic heterocycles. The smallest absolute Gasteiger partial charge is 0.103 e. The lowest BCUT2D eigenvalue weighted by atomic mass is 9.85. The monoisotopic (exact) mass is 255 g/mol. The lowest BCUT2D eigenvalue weighted by molar-refractivity contribution is -0.118. The summed E-state index contributed by atoms with van der Waals surface area (Å²) in [6.45, 7) is 2.73. The van der Waals surface area contributed by atoms with Gasteiger partial charge in [0.2, 0.25) is 0 Å². The quantitative estimate of drug-likeness (QED) is 0.878. The minimum Gasteiger partial charge on any atom is -0.379 e. The van der Waals surface area contributed by atoms with Crippen molar-refractivity contribution >= 4 is 17.3 Å². The number of methoxy groups -OCH3 is 1. The number of ether oxygens (including phenoxy) is 2. The summed E-state index contributed by atoms with van der Waals surface area (Å²) in [5, 5.41) is 4.16. The van der Waals surface area contributed by atoms with E-state index in [2.05, 4.69) is 5.32 Å². The largest absolute Gasteiger partial charge is 0.379 e. The molecule has 0 heterocycles. The summed E-state index contributed by atoms with van der Waals surface area (Å²) in [5.74, 6) is 0. The van der Waals surface area contributed by atoms with Crippen LogP contribution < -0.4 is 5.32 Å². The molecule has 2 rings (SSSR count). The number of halogens is 1. The third-order valence-corrected chi connectivity index (χ3v) is 3.31. The molecule has 4 heteroatoms. The first kappa shape index (κ1) is 12.7. The summed E-state index contributed by atoms with van der Waals surface area (Å²) in [7, 11) is 1.72. The Balaban J connectivity index is 1.92. The molecule has 0 aliphatic heterocycles. The Morgan fingerprint density at radius 1 is 1.47 bits per heavy atom. The van der Waals surface area contributed by atoms with Crippen LogP contribution >= 0.6 is 11.6 Å². The number of benzene rings is 1. The van der Waals surface area contributed by atoms with E-state index in [0.717, 1.165) is 23.7 Å². The van der Waals surface area contributed by atoms with Crippen molar-refractivity contribution in [3.8, 4) is 0 Å². The molecule has 1 aliphatic carbocycles. The molecule has 17 heavy (non-hydrogen) atoms. The van der Waals surface area contributed by atoms with Crippen molar-refractivity contribution in [3.05, 3.63) is 29.3 Å². The fourth-order valence-corrected chi connectivity index (χ4v) is 2.40. The van der Waals surface area contributed by atoms with Gasteiger partial charge in [-0.2, -0.15) is 0 Å². The molecule has 0 bridgehead atoms. The normalized spacial score (nSPS) is 27.6. The van der Waals surface area contributed by atoms with Crippen molar-refractivity contribution in [2.75, 3.05) is 19.0 Å². The van der Waals surface area contributed by atoms with Crippen LogP contribution in [0.1, 0.15) is 13.3 Å². The molecule has 1 N–H and O–H groups in total.